The maximum atomic E-state index is 12.5. The van der Waals surface area contributed by atoms with Crippen LogP contribution in [0.2, 0.25) is 0 Å². The van der Waals surface area contributed by atoms with Crippen molar-refractivity contribution >= 4 is 9.84 Å². The molecule has 0 spiro atoms. The van der Waals surface area contributed by atoms with Gasteiger partial charge in [-0.25, -0.2) is 17.2 Å². The molecule has 0 amide bonds. The van der Waals surface area contributed by atoms with Gasteiger partial charge in [0.05, 0.1) is 6.54 Å². The summed E-state index contributed by atoms with van der Waals surface area (Å²) < 4.78 is 47.0. The van der Waals surface area contributed by atoms with Crippen LogP contribution in [-0.4, -0.2) is 26.3 Å². The molecule has 0 aliphatic carbocycles. The largest absolute Gasteiger partial charge is 0.295 e. The normalized spacial score (nSPS) is 28.7. The highest BCUT2D eigenvalue weighted by Crippen LogP contribution is 2.27. The molecule has 1 aliphatic heterocycles. The third-order valence-electron chi connectivity index (χ3n) is 1.70. The molecular weight excluding hydrogens is 188 g/mol. The van der Waals surface area contributed by atoms with Crippen LogP contribution in [0.25, 0.3) is 0 Å². The smallest absolute Gasteiger partial charge is 0.262 e. The van der Waals surface area contributed by atoms with E-state index in [9.17, 15) is 17.2 Å². The van der Waals surface area contributed by atoms with Gasteiger partial charge >= 0.3 is 0 Å². The van der Waals surface area contributed by atoms with Crippen molar-refractivity contribution in [1.29, 1.82) is 0 Å². The molecule has 0 aromatic heterocycles. The van der Waals surface area contributed by atoms with Crippen molar-refractivity contribution in [2.45, 2.75) is 17.7 Å². The molecule has 1 N–H and O–H groups in total. The first-order valence-electron chi connectivity index (χ1n) is 3.35. The number of hydrogen-bond acceptors (Lipinski definition) is 3. The Labute approximate surface area is 69.4 Å². The summed E-state index contributed by atoms with van der Waals surface area (Å²) in [7, 11) is -3.60. The lowest BCUT2D eigenvalue weighted by molar-refractivity contribution is 0.0228. The molecule has 0 bridgehead atoms. The predicted molar refractivity (Wildman–Crippen MR) is 40.5 cm³/mol. The van der Waals surface area contributed by atoms with E-state index in [-0.39, 0.29) is 0 Å². The van der Waals surface area contributed by atoms with Gasteiger partial charge in [-0.1, -0.05) is 6.58 Å². The van der Waals surface area contributed by atoms with Gasteiger partial charge < -0.3 is 0 Å². The van der Waals surface area contributed by atoms with Crippen molar-refractivity contribution < 1.29 is 17.2 Å². The molecule has 1 fully saturated rings. The first kappa shape index (κ1) is 9.60. The molecule has 1 saturated heterocycles. The third-order valence-corrected chi connectivity index (χ3v) is 3.29. The summed E-state index contributed by atoms with van der Waals surface area (Å²) in [6.07, 6.45) is -0.665. The minimum atomic E-state index is -3.60. The van der Waals surface area contributed by atoms with Crippen molar-refractivity contribution in [2.24, 2.45) is 0 Å². The number of hydrogen-bond donors (Lipinski definition) is 1. The Bertz CT molecular complexity index is 286. The van der Waals surface area contributed by atoms with Crippen molar-refractivity contribution in [3.05, 3.63) is 12.0 Å². The van der Waals surface area contributed by atoms with E-state index in [4.69, 9.17) is 0 Å². The Morgan fingerprint density at radius 1 is 1.58 bits per heavy atom. The third kappa shape index (κ3) is 1.81. The number of halogens is 2. The molecule has 0 saturated carbocycles. The summed E-state index contributed by atoms with van der Waals surface area (Å²) >= 11 is 0. The Balaban J connectivity index is 2.78. The molecule has 1 aliphatic rings. The van der Waals surface area contributed by atoms with Gasteiger partial charge in [-0.05, 0) is 0 Å². The highest BCUT2D eigenvalue weighted by Gasteiger charge is 2.43. The zero-order valence-electron chi connectivity index (χ0n) is 6.26. The van der Waals surface area contributed by atoms with E-state index < -0.39 is 34.1 Å². The Hall–Kier alpha value is -0.490. The molecule has 0 radical (unpaired) electrons. The van der Waals surface area contributed by atoms with Crippen molar-refractivity contribution in [1.82, 2.24) is 5.32 Å². The van der Waals surface area contributed by atoms with E-state index in [0.717, 1.165) is 0 Å². The topological polar surface area (TPSA) is 46.2 Å². The summed E-state index contributed by atoms with van der Waals surface area (Å²) in [6.45, 7) is 2.47. The number of alkyl halides is 2. The Morgan fingerprint density at radius 2 is 2.17 bits per heavy atom. The summed E-state index contributed by atoms with van der Waals surface area (Å²) in [5.74, 6) is -2.92. The lowest BCUT2D eigenvalue weighted by atomic mass is 10.3. The van der Waals surface area contributed by atoms with Crippen LogP contribution in [0.3, 0.4) is 0 Å². The van der Waals surface area contributed by atoms with Crippen molar-refractivity contribution in [2.75, 3.05) is 6.54 Å². The van der Waals surface area contributed by atoms with Gasteiger partial charge in [0, 0.05) is 11.8 Å². The van der Waals surface area contributed by atoms with Crippen LogP contribution in [0.15, 0.2) is 12.0 Å². The molecule has 12 heavy (non-hydrogen) atoms. The SMILES string of the molecule is C=CS(=O)(=O)C1CC(F)(F)CN1. The quantitative estimate of drug-likeness (QED) is 0.701. The van der Waals surface area contributed by atoms with Gasteiger partial charge in [-0.15, -0.1) is 0 Å². The van der Waals surface area contributed by atoms with E-state index in [1.54, 1.807) is 0 Å². The molecule has 3 nitrogen and oxygen atoms in total. The maximum absolute atomic E-state index is 12.5. The zero-order chi connectivity index (χ0) is 9.41. The fourth-order valence-electron chi connectivity index (χ4n) is 1.03. The lowest BCUT2D eigenvalue weighted by Crippen LogP contribution is -2.29. The molecule has 6 heteroatoms. The fraction of sp³-hybridized carbons (Fsp3) is 0.667. The van der Waals surface area contributed by atoms with Crippen LogP contribution in [0.1, 0.15) is 6.42 Å². The summed E-state index contributed by atoms with van der Waals surface area (Å²) in [5.41, 5.74) is 0. The molecular formula is C6H9F2NO2S. The van der Waals surface area contributed by atoms with Gasteiger partial charge in [0.25, 0.3) is 5.92 Å². The summed E-state index contributed by atoms with van der Waals surface area (Å²) in [4.78, 5) is 0. The average molecular weight is 197 g/mol. The van der Waals surface area contributed by atoms with E-state index in [1.165, 1.54) is 0 Å². The fourth-order valence-corrected chi connectivity index (χ4v) is 2.05. The first-order chi connectivity index (χ1) is 5.37. The molecule has 0 aromatic rings. The molecule has 70 valence electrons. The van der Waals surface area contributed by atoms with Crippen LogP contribution >= 0.6 is 0 Å². The summed E-state index contributed by atoms with van der Waals surface area (Å²) in [6, 6.07) is 0. The Morgan fingerprint density at radius 3 is 2.50 bits per heavy atom. The van der Waals surface area contributed by atoms with Gasteiger partial charge in [-0.3, -0.25) is 5.32 Å². The summed E-state index contributed by atoms with van der Waals surface area (Å²) in [5, 5.41) is 1.75. The van der Waals surface area contributed by atoms with E-state index in [1.807, 2.05) is 0 Å². The predicted octanol–water partition coefficient (Wildman–Crippen LogP) is 0.499. The van der Waals surface area contributed by atoms with E-state index in [0.29, 0.717) is 5.41 Å². The molecule has 1 rings (SSSR count). The average Bonchev–Trinajstić information content (AvgIpc) is 2.31. The Kier molecular flexibility index (Phi) is 2.22. The first-order valence-corrected chi connectivity index (χ1v) is 4.96. The van der Waals surface area contributed by atoms with Crippen molar-refractivity contribution in [3.63, 3.8) is 0 Å². The second-order valence-corrected chi connectivity index (χ2v) is 4.77. The maximum Gasteiger partial charge on any atom is 0.262 e. The van der Waals surface area contributed by atoms with Crippen LogP contribution in [0, 0.1) is 0 Å². The second kappa shape index (κ2) is 2.77. The number of rotatable bonds is 2. The van der Waals surface area contributed by atoms with E-state index >= 15 is 0 Å². The molecule has 1 unspecified atom stereocenters. The minimum absolute atomic E-state index is 0.579. The van der Waals surface area contributed by atoms with Gasteiger partial charge in [0.1, 0.15) is 5.37 Å². The van der Waals surface area contributed by atoms with Crippen LogP contribution in [-0.2, 0) is 9.84 Å². The standard InChI is InChI=1S/C6H9F2NO2S/c1-2-12(10,11)5-3-6(7,8)4-9-5/h2,5,9H,1,3-4H2. The van der Waals surface area contributed by atoms with Crippen LogP contribution < -0.4 is 5.32 Å². The number of sulfone groups is 1. The molecule has 0 aromatic carbocycles. The van der Waals surface area contributed by atoms with Gasteiger partial charge in [0.2, 0.25) is 0 Å². The lowest BCUT2D eigenvalue weighted by Gasteiger charge is -2.07. The highest BCUT2D eigenvalue weighted by molar-refractivity contribution is 7.94. The minimum Gasteiger partial charge on any atom is -0.295 e. The van der Waals surface area contributed by atoms with Crippen LogP contribution in [0.5, 0.6) is 0 Å². The number of nitrogens with one attached hydrogen (secondary N) is 1. The van der Waals surface area contributed by atoms with Gasteiger partial charge in [0.15, 0.2) is 9.84 Å². The molecule has 1 atom stereocenters. The second-order valence-electron chi connectivity index (χ2n) is 2.69. The molecule has 1 heterocycles. The van der Waals surface area contributed by atoms with E-state index in [2.05, 4.69) is 11.9 Å². The van der Waals surface area contributed by atoms with Crippen LogP contribution in [0.4, 0.5) is 8.78 Å². The highest BCUT2D eigenvalue weighted by atomic mass is 32.2. The van der Waals surface area contributed by atoms with Gasteiger partial charge in [-0.2, -0.15) is 0 Å². The van der Waals surface area contributed by atoms with Crippen molar-refractivity contribution in [3.8, 4) is 0 Å². The monoisotopic (exact) mass is 197 g/mol. The zero-order valence-corrected chi connectivity index (χ0v) is 7.07.